The zero-order valence-corrected chi connectivity index (χ0v) is 10.4. The van der Waals surface area contributed by atoms with Gasteiger partial charge in [-0.3, -0.25) is 14.8 Å². The smallest absolute Gasteiger partial charge is 0.254 e. The van der Waals surface area contributed by atoms with E-state index in [1.807, 2.05) is 0 Å². The summed E-state index contributed by atoms with van der Waals surface area (Å²) < 4.78 is 5.65. The van der Waals surface area contributed by atoms with Crippen LogP contribution in [0.25, 0.3) is 0 Å². The van der Waals surface area contributed by atoms with E-state index in [1.165, 1.54) is 0 Å². The van der Waals surface area contributed by atoms with Crippen LogP contribution in [0.2, 0.25) is 0 Å². The summed E-state index contributed by atoms with van der Waals surface area (Å²) in [5, 5.41) is 9.49. The van der Waals surface area contributed by atoms with Crippen LogP contribution < -0.4 is 5.32 Å². The number of nitrogens with zero attached hydrogens (tertiary/aromatic N) is 2. The zero-order chi connectivity index (χ0) is 12.5. The van der Waals surface area contributed by atoms with Crippen molar-refractivity contribution in [3.05, 3.63) is 18.0 Å². The van der Waals surface area contributed by atoms with Gasteiger partial charge in [0.2, 0.25) is 0 Å². The van der Waals surface area contributed by atoms with E-state index in [2.05, 4.69) is 27.3 Å². The van der Waals surface area contributed by atoms with E-state index in [4.69, 9.17) is 4.74 Å². The number of morpholine rings is 1. The van der Waals surface area contributed by atoms with Crippen molar-refractivity contribution in [2.45, 2.75) is 31.5 Å². The molecule has 1 aromatic heterocycles. The second kappa shape index (κ2) is 4.70. The Bertz CT molecular complexity index is 420. The van der Waals surface area contributed by atoms with Gasteiger partial charge in [-0.1, -0.05) is 0 Å². The molecule has 0 radical (unpaired) electrons. The summed E-state index contributed by atoms with van der Waals surface area (Å²) >= 11 is 0. The van der Waals surface area contributed by atoms with E-state index in [-0.39, 0.29) is 11.9 Å². The van der Waals surface area contributed by atoms with Gasteiger partial charge in [-0.05, 0) is 13.3 Å². The normalized spacial score (nSPS) is 32.2. The number of aromatic amines is 1. The molecule has 0 spiro atoms. The van der Waals surface area contributed by atoms with Crippen molar-refractivity contribution in [1.82, 2.24) is 20.4 Å². The van der Waals surface area contributed by atoms with Crippen molar-refractivity contribution >= 4 is 5.91 Å². The molecule has 0 saturated carbocycles. The minimum absolute atomic E-state index is 0.0532. The maximum atomic E-state index is 11.9. The van der Waals surface area contributed by atoms with Gasteiger partial charge in [-0.15, -0.1) is 0 Å². The number of amides is 1. The Morgan fingerprint density at radius 2 is 2.50 bits per heavy atom. The van der Waals surface area contributed by atoms with Gasteiger partial charge in [0.1, 0.15) is 0 Å². The Hall–Kier alpha value is -1.40. The number of rotatable bonds is 2. The lowest BCUT2D eigenvalue weighted by molar-refractivity contribution is -0.0390. The van der Waals surface area contributed by atoms with E-state index in [1.54, 1.807) is 12.4 Å². The molecule has 1 amide bonds. The largest absolute Gasteiger partial charge is 0.376 e. The molecule has 98 valence electrons. The van der Waals surface area contributed by atoms with Crippen molar-refractivity contribution in [3.63, 3.8) is 0 Å². The van der Waals surface area contributed by atoms with E-state index in [0.29, 0.717) is 17.7 Å². The predicted octanol–water partition coefficient (Wildman–Crippen LogP) is 0.00110. The number of H-pyrrole nitrogens is 1. The Morgan fingerprint density at radius 1 is 1.61 bits per heavy atom. The highest BCUT2D eigenvalue weighted by Crippen LogP contribution is 2.23. The van der Waals surface area contributed by atoms with Gasteiger partial charge >= 0.3 is 0 Å². The maximum absolute atomic E-state index is 11.9. The number of ether oxygens (including phenoxy) is 1. The van der Waals surface area contributed by atoms with Crippen LogP contribution in [-0.4, -0.2) is 58.9 Å². The second-order valence-corrected chi connectivity index (χ2v) is 5.14. The van der Waals surface area contributed by atoms with E-state index in [0.717, 1.165) is 26.1 Å². The average molecular weight is 250 g/mol. The molecule has 2 aliphatic rings. The lowest BCUT2D eigenvalue weighted by Crippen LogP contribution is -2.45. The summed E-state index contributed by atoms with van der Waals surface area (Å²) in [6.07, 6.45) is 4.42. The molecule has 2 saturated heterocycles. The van der Waals surface area contributed by atoms with E-state index >= 15 is 0 Å². The number of nitrogens with one attached hydrogen (secondary N) is 2. The van der Waals surface area contributed by atoms with Gasteiger partial charge in [0.25, 0.3) is 5.91 Å². The fraction of sp³-hybridized carbons (Fsp3) is 0.667. The molecule has 3 rings (SSSR count). The SMILES string of the molecule is C[C@@H]1CN2C[C@@H](NC(=O)c3cn[nH]c3)C[C@H]2CO1. The first-order valence-corrected chi connectivity index (χ1v) is 6.37. The van der Waals surface area contributed by atoms with Crippen molar-refractivity contribution in [2.24, 2.45) is 0 Å². The quantitative estimate of drug-likeness (QED) is 0.775. The average Bonchev–Trinajstić information content (AvgIpc) is 2.95. The highest BCUT2D eigenvalue weighted by Gasteiger charge is 2.36. The zero-order valence-electron chi connectivity index (χ0n) is 10.4. The minimum Gasteiger partial charge on any atom is -0.376 e. The van der Waals surface area contributed by atoms with Gasteiger partial charge in [0.15, 0.2) is 0 Å². The summed E-state index contributed by atoms with van der Waals surface area (Å²) in [5.74, 6) is -0.0532. The van der Waals surface area contributed by atoms with Crippen LogP contribution in [-0.2, 0) is 4.74 Å². The van der Waals surface area contributed by atoms with Gasteiger partial charge in [-0.2, -0.15) is 5.10 Å². The van der Waals surface area contributed by atoms with Crippen LogP contribution in [0.15, 0.2) is 12.4 Å². The third kappa shape index (κ3) is 2.26. The number of carbonyl (C=O) groups excluding carboxylic acids is 1. The van der Waals surface area contributed by atoms with Crippen molar-refractivity contribution in [3.8, 4) is 0 Å². The predicted molar refractivity (Wildman–Crippen MR) is 65.2 cm³/mol. The summed E-state index contributed by atoms with van der Waals surface area (Å²) in [6.45, 7) is 4.75. The number of carbonyl (C=O) groups is 1. The first-order chi connectivity index (χ1) is 8.72. The van der Waals surface area contributed by atoms with Crippen molar-refractivity contribution in [1.29, 1.82) is 0 Å². The summed E-state index contributed by atoms with van der Waals surface area (Å²) in [5.41, 5.74) is 0.587. The molecule has 2 aliphatic heterocycles. The van der Waals surface area contributed by atoms with Crippen LogP contribution in [0.5, 0.6) is 0 Å². The minimum atomic E-state index is -0.0532. The molecule has 6 heteroatoms. The lowest BCUT2D eigenvalue weighted by atomic mass is 10.1. The standard InChI is InChI=1S/C12H18N4O2/c1-8-5-16-6-10(2-11(16)7-18-8)15-12(17)9-3-13-14-4-9/h3-4,8,10-11H,2,5-7H2,1H3,(H,13,14)(H,15,17)/t8-,10+,11+/m1/s1. The van der Waals surface area contributed by atoms with Crippen LogP contribution >= 0.6 is 0 Å². The Labute approximate surface area is 106 Å². The molecular weight excluding hydrogens is 232 g/mol. The monoisotopic (exact) mass is 250 g/mol. The van der Waals surface area contributed by atoms with Crippen LogP contribution in [0.3, 0.4) is 0 Å². The van der Waals surface area contributed by atoms with E-state index in [9.17, 15) is 4.79 Å². The molecule has 3 heterocycles. The molecule has 18 heavy (non-hydrogen) atoms. The number of hydrogen-bond donors (Lipinski definition) is 2. The number of fused-ring (bicyclic) bond motifs is 1. The Balaban J connectivity index is 1.58. The molecule has 0 aliphatic carbocycles. The van der Waals surface area contributed by atoms with Crippen LogP contribution in [0, 0.1) is 0 Å². The number of hydrogen-bond acceptors (Lipinski definition) is 4. The fourth-order valence-electron chi connectivity index (χ4n) is 2.79. The molecule has 6 nitrogen and oxygen atoms in total. The summed E-state index contributed by atoms with van der Waals surface area (Å²) in [4.78, 5) is 14.3. The molecule has 0 bridgehead atoms. The lowest BCUT2D eigenvalue weighted by Gasteiger charge is -2.33. The molecule has 0 aromatic carbocycles. The van der Waals surface area contributed by atoms with Gasteiger partial charge in [0.05, 0.1) is 24.5 Å². The third-order valence-electron chi connectivity index (χ3n) is 3.69. The second-order valence-electron chi connectivity index (χ2n) is 5.14. The molecular formula is C12H18N4O2. The first-order valence-electron chi connectivity index (χ1n) is 6.37. The Kier molecular flexibility index (Phi) is 3.05. The molecule has 3 atom stereocenters. The third-order valence-corrected chi connectivity index (χ3v) is 3.69. The maximum Gasteiger partial charge on any atom is 0.254 e. The molecule has 2 fully saturated rings. The molecule has 0 unspecified atom stereocenters. The van der Waals surface area contributed by atoms with Gasteiger partial charge < -0.3 is 10.1 Å². The van der Waals surface area contributed by atoms with Gasteiger partial charge in [0, 0.05) is 31.4 Å². The van der Waals surface area contributed by atoms with Crippen LogP contribution in [0.1, 0.15) is 23.7 Å². The molecule has 1 aromatic rings. The number of aromatic nitrogens is 2. The topological polar surface area (TPSA) is 70.2 Å². The van der Waals surface area contributed by atoms with Crippen LogP contribution in [0.4, 0.5) is 0 Å². The summed E-state index contributed by atoms with van der Waals surface area (Å²) in [7, 11) is 0. The fourth-order valence-corrected chi connectivity index (χ4v) is 2.79. The van der Waals surface area contributed by atoms with Gasteiger partial charge in [-0.25, -0.2) is 0 Å². The summed E-state index contributed by atoms with van der Waals surface area (Å²) in [6, 6.07) is 0.669. The highest BCUT2D eigenvalue weighted by molar-refractivity contribution is 5.93. The molecule has 2 N–H and O–H groups in total. The van der Waals surface area contributed by atoms with E-state index < -0.39 is 0 Å². The van der Waals surface area contributed by atoms with Crippen molar-refractivity contribution in [2.75, 3.05) is 19.7 Å². The first kappa shape index (κ1) is 11.7. The van der Waals surface area contributed by atoms with Crippen molar-refractivity contribution < 1.29 is 9.53 Å². The Morgan fingerprint density at radius 3 is 3.28 bits per heavy atom. The highest BCUT2D eigenvalue weighted by atomic mass is 16.5.